The number of hydrogen-bond acceptors (Lipinski definition) is 4. The molecule has 4 nitrogen and oxygen atoms in total. The van der Waals surface area contributed by atoms with Crippen LogP contribution in [0.1, 0.15) is 5.76 Å². The first-order valence-corrected chi connectivity index (χ1v) is 6.25. The molecule has 5 heteroatoms. The summed E-state index contributed by atoms with van der Waals surface area (Å²) in [4.78, 5) is 2.30. The largest absolute Gasteiger partial charge is 0.359 e. The lowest BCUT2D eigenvalue weighted by Gasteiger charge is -2.34. The minimum Gasteiger partial charge on any atom is -0.359 e. The predicted molar refractivity (Wildman–Crippen MR) is 77.3 cm³/mol. The average Bonchev–Trinajstić information content (AvgIpc) is 2.76. The maximum absolute atomic E-state index is 5.40. The van der Waals surface area contributed by atoms with E-state index in [1.165, 1.54) is 0 Å². The maximum atomic E-state index is 5.40. The van der Waals surface area contributed by atoms with Gasteiger partial charge in [0.25, 0.3) is 0 Å². The summed E-state index contributed by atoms with van der Waals surface area (Å²) in [7, 11) is 2.12. The molecule has 1 N–H and O–H groups in total. The number of rotatable bonds is 4. The number of likely N-dealkylation sites (N-methyl/N-ethyl adjacent to an activating group) is 1. The number of nitrogens with zero attached hydrogens (tertiary/aromatic N) is 2. The Hall–Kier alpha value is -1.36. The SMILES string of the molecule is CN(Cc1cc(-c2ccccc2)no1)C1CNC1.Cl. The van der Waals surface area contributed by atoms with Gasteiger partial charge < -0.3 is 9.84 Å². The summed E-state index contributed by atoms with van der Waals surface area (Å²) < 4.78 is 5.40. The summed E-state index contributed by atoms with van der Waals surface area (Å²) in [5, 5.41) is 7.40. The van der Waals surface area contributed by atoms with Crippen molar-refractivity contribution in [2.75, 3.05) is 20.1 Å². The Kier molecular flexibility index (Phi) is 4.58. The van der Waals surface area contributed by atoms with Crippen molar-refractivity contribution in [1.29, 1.82) is 0 Å². The van der Waals surface area contributed by atoms with Gasteiger partial charge in [0.1, 0.15) is 5.69 Å². The normalized spacial score (nSPS) is 15.1. The van der Waals surface area contributed by atoms with Crippen LogP contribution in [0.3, 0.4) is 0 Å². The molecule has 102 valence electrons. The van der Waals surface area contributed by atoms with Crippen LogP contribution in [-0.2, 0) is 6.54 Å². The monoisotopic (exact) mass is 279 g/mol. The first-order valence-electron chi connectivity index (χ1n) is 6.25. The lowest BCUT2D eigenvalue weighted by Crippen LogP contribution is -2.55. The molecule has 2 heterocycles. The van der Waals surface area contributed by atoms with Gasteiger partial charge in [0.2, 0.25) is 0 Å². The van der Waals surface area contributed by atoms with Gasteiger partial charge in [0.05, 0.1) is 6.54 Å². The van der Waals surface area contributed by atoms with Gasteiger partial charge in [0, 0.05) is 30.8 Å². The zero-order valence-electron chi connectivity index (χ0n) is 10.9. The van der Waals surface area contributed by atoms with Crippen molar-refractivity contribution < 1.29 is 4.52 Å². The lowest BCUT2D eigenvalue weighted by molar-refractivity contribution is 0.157. The molecule has 0 amide bonds. The van der Waals surface area contributed by atoms with E-state index in [9.17, 15) is 0 Å². The third-order valence-corrected chi connectivity index (χ3v) is 3.42. The Bertz CT molecular complexity index is 510. The fourth-order valence-electron chi connectivity index (χ4n) is 2.09. The molecule has 2 aromatic rings. The fraction of sp³-hybridized carbons (Fsp3) is 0.357. The molecule has 0 aliphatic carbocycles. The lowest BCUT2D eigenvalue weighted by atomic mass is 10.1. The first-order chi connectivity index (χ1) is 8.83. The predicted octanol–water partition coefficient (Wildman–Crippen LogP) is 2.17. The standard InChI is InChI=1S/C14H17N3O.ClH/c1-17(12-8-15-9-12)10-13-7-14(16-18-13)11-5-3-2-4-6-11;/h2-7,12,15H,8-10H2,1H3;1H. The number of aromatic nitrogens is 1. The van der Waals surface area contributed by atoms with Gasteiger partial charge in [-0.2, -0.15) is 0 Å². The van der Waals surface area contributed by atoms with Crippen LogP contribution in [0.5, 0.6) is 0 Å². The van der Waals surface area contributed by atoms with Crippen molar-refractivity contribution in [2.24, 2.45) is 0 Å². The summed E-state index contributed by atoms with van der Waals surface area (Å²) >= 11 is 0. The van der Waals surface area contributed by atoms with Gasteiger partial charge in [-0.1, -0.05) is 35.5 Å². The fourth-order valence-corrected chi connectivity index (χ4v) is 2.09. The summed E-state index contributed by atoms with van der Waals surface area (Å²) in [6.45, 7) is 2.94. The van der Waals surface area contributed by atoms with Gasteiger partial charge in [-0.25, -0.2) is 0 Å². The summed E-state index contributed by atoms with van der Waals surface area (Å²) in [6, 6.07) is 12.8. The molecule has 0 unspecified atom stereocenters. The molecule has 0 atom stereocenters. The van der Waals surface area contributed by atoms with E-state index in [1.54, 1.807) is 0 Å². The van der Waals surface area contributed by atoms with Crippen molar-refractivity contribution in [3.8, 4) is 11.3 Å². The van der Waals surface area contributed by atoms with Crippen LogP contribution in [0.25, 0.3) is 11.3 Å². The zero-order chi connectivity index (χ0) is 12.4. The van der Waals surface area contributed by atoms with Crippen molar-refractivity contribution >= 4 is 12.4 Å². The molecule has 1 fully saturated rings. The highest BCUT2D eigenvalue weighted by Crippen LogP contribution is 2.19. The molecule has 0 spiro atoms. The molecular weight excluding hydrogens is 262 g/mol. The highest BCUT2D eigenvalue weighted by Gasteiger charge is 2.22. The van der Waals surface area contributed by atoms with Gasteiger partial charge in [-0.05, 0) is 7.05 Å². The molecule has 0 saturated carbocycles. The highest BCUT2D eigenvalue weighted by atomic mass is 35.5. The van der Waals surface area contributed by atoms with Crippen LogP contribution in [-0.4, -0.2) is 36.2 Å². The van der Waals surface area contributed by atoms with Gasteiger partial charge >= 0.3 is 0 Å². The van der Waals surface area contributed by atoms with Crippen LogP contribution >= 0.6 is 12.4 Å². The van der Waals surface area contributed by atoms with Crippen LogP contribution in [0, 0.1) is 0 Å². The number of benzene rings is 1. The van der Waals surface area contributed by atoms with Crippen LogP contribution in [0.15, 0.2) is 40.9 Å². The topological polar surface area (TPSA) is 41.3 Å². The quantitative estimate of drug-likeness (QED) is 0.931. The van der Waals surface area contributed by atoms with Gasteiger partial charge in [-0.3, -0.25) is 4.90 Å². The van der Waals surface area contributed by atoms with E-state index in [4.69, 9.17) is 4.52 Å². The van der Waals surface area contributed by atoms with Crippen molar-refractivity contribution in [2.45, 2.75) is 12.6 Å². The Balaban J connectivity index is 0.00000133. The molecule has 0 radical (unpaired) electrons. The molecule has 1 aliphatic rings. The number of halogens is 1. The maximum Gasteiger partial charge on any atom is 0.151 e. The van der Waals surface area contributed by atoms with Crippen LogP contribution < -0.4 is 5.32 Å². The molecule has 19 heavy (non-hydrogen) atoms. The molecule has 1 aromatic carbocycles. The number of nitrogens with one attached hydrogen (secondary N) is 1. The van der Waals surface area contributed by atoms with E-state index in [2.05, 4.69) is 22.4 Å². The summed E-state index contributed by atoms with van der Waals surface area (Å²) in [5.41, 5.74) is 2.01. The van der Waals surface area contributed by atoms with Gasteiger partial charge in [0.15, 0.2) is 5.76 Å². The molecule has 1 saturated heterocycles. The van der Waals surface area contributed by atoms with E-state index < -0.39 is 0 Å². The van der Waals surface area contributed by atoms with E-state index in [1.807, 2.05) is 36.4 Å². The summed E-state index contributed by atoms with van der Waals surface area (Å²) in [5.74, 6) is 0.920. The first kappa shape index (κ1) is 14.1. The van der Waals surface area contributed by atoms with Crippen LogP contribution in [0.4, 0.5) is 0 Å². The molecule has 1 aliphatic heterocycles. The van der Waals surface area contributed by atoms with E-state index in [0.717, 1.165) is 36.7 Å². The van der Waals surface area contributed by atoms with Crippen molar-refractivity contribution in [1.82, 2.24) is 15.4 Å². The molecule has 1 aromatic heterocycles. The average molecular weight is 280 g/mol. The minimum absolute atomic E-state index is 0. The molecule has 3 rings (SSSR count). The Morgan fingerprint density at radius 1 is 1.32 bits per heavy atom. The zero-order valence-corrected chi connectivity index (χ0v) is 11.7. The van der Waals surface area contributed by atoms with Crippen LogP contribution in [0.2, 0.25) is 0 Å². The third-order valence-electron chi connectivity index (χ3n) is 3.42. The Morgan fingerprint density at radius 2 is 2.05 bits per heavy atom. The smallest absolute Gasteiger partial charge is 0.151 e. The highest BCUT2D eigenvalue weighted by molar-refractivity contribution is 5.85. The molecule has 0 bridgehead atoms. The third kappa shape index (κ3) is 3.15. The second-order valence-electron chi connectivity index (χ2n) is 4.77. The minimum atomic E-state index is 0. The van der Waals surface area contributed by atoms with Crippen molar-refractivity contribution in [3.63, 3.8) is 0 Å². The van der Waals surface area contributed by atoms with Crippen molar-refractivity contribution in [3.05, 3.63) is 42.2 Å². The van der Waals surface area contributed by atoms with E-state index in [0.29, 0.717) is 6.04 Å². The number of hydrogen-bond donors (Lipinski definition) is 1. The second kappa shape index (κ2) is 6.19. The summed E-state index contributed by atoms with van der Waals surface area (Å²) in [6.07, 6.45) is 0. The van der Waals surface area contributed by atoms with E-state index >= 15 is 0 Å². The second-order valence-corrected chi connectivity index (χ2v) is 4.77. The Labute approximate surface area is 119 Å². The molecular formula is C14H18ClN3O. The van der Waals surface area contributed by atoms with E-state index in [-0.39, 0.29) is 12.4 Å². The van der Waals surface area contributed by atoms with Gasteiger partial charge in [-0.15, -0.1) is 12.4 Å². The Morgan fingerprint density at radius 3 is 2.68 bits per heavy atom.